The van der Waals surface area contributed by atoms with Crippen LogP contribution in [0.3, 0.4) is 0 Å². The molecule has 1 fully saturated rings. The average molecular weight is 224 g/mol. The maximum atomic E-state index is 13.5. The molecule has 0 radical (unpaired) electrons. The molecule has 1 atom stereocenters. The second-order valence-electron chi connectivity index (χ2n) is 4.22. The summed E-state index contributed by atoms with van der Waals surface area (Å²) in [5.41, 5.74) is 7.01. The van der Waals surface area contributed by atoms with Gasteiger partial charge in [-0.15, -0.1) is 0 Å². The molecule has 3 nitrogen and oxygen atoms in total. The van der Waals surface area contributed by atoms with Crippen molar-refractivity contribution in [1.82, 2.24) is 0 Å². The summed E-state index contributed by atoms with van der Waals surface area (Å²) in [6.45, 7) is 2.06. The molecule has 88 valence electrons. The molecule has 3 N–H and O–H groups in total. The summed E-state index contributed by atoms with van der Waals surface area (Å²) in [6, 6.07) is 5.03. The highest BCUT2D eigenvalue weighted by Crippen LogP contribution is 2.28. The van der Waals surface area contributed by atoms with Crippen molar-refractivity contribution < 1.29 is 9.50 Å². The molecule has 1 aromatic carbocycles. The van der Waals surface area contributed by atoms with Crippen molar-refractivity contribution in [1.29, 1.82) is 0 Å². The Morgan fingerprint density at radius 3 is 2.94 bits per heavy atom. The fourth-order valence-electron chi connectivity index (χ4n) is 2.25. The van der Waals surface area contributed by atoms with E-state index in [-0.39, 0.29) is 19.0 Å². The number of nitrogens with two attached hydrogens (primary N) is 1. The Kier molecular flexibility index (Phi) is 3.41. The van der Waals surface area contributed by atoms with Crippen LogP contribution in [0.5, 0.6) is 0 Å². The number of anilines is 1. The molecule has 2 rings (SSSR count). The first kappa shape index (κ1) is 11.4. The minimum Gasteiger partial charge on any atom is -0.396 e. The van der Waals surface area contributed by atoms with E-state index >= 15 is 0 Å². The number of hydrogen-bond acceptors (Lipinski definition) is 3. The van der Waals surface area contributed by atoms with Crippen LogP contribution in [0.15, 0.2) is 18.2 Å². The maximum absolute atomic E-state index is 13.5. The molecule has 0 bridgehead atoms. The standard InChI is InChI=1S/C12H17FN2O/c13-11-2-1-3-12(10(11)6-14)15-5-4-9(7-15)8-16/h1-3,9,16H,4-8,14H2. The quantitative estimate of drug-likeness (QED) is 0.808. The number of aliphatic hydroxyl groups is 1. The first-order chi connectivity index (χ1) is 7.76. The Bertz CT molecular complexity index is 370. The number of halogens is 1. The van der Waals surface area contributed by atoms with Gasteiger partial charge in [0.15, 0.2) is 0 Å². The first-order valence-electron chi connectivity index (χ1n) is 5.59. The van der Waals surface area contributed by atoms with Gasteiger partial charge in [0.2, 0.25) is 0 Å². The zero-order valence-electron chi connectivity index (χ0n) is 9.19. The maximum Gasteiger partial charge on any atom is 0.129 e. The van der Waals surface area contributed by atoms with Gasteiger partial charge in [0.05, 0.1) is 0 Å². The predicted octanol–water partition coefficient (Wildman–Crippen LogP) is 1.10. The van der Waals surface area contributed by atoms with Crippen molar-refractivity contribution >= 4 is 5.69 Å². The summed E-state index contributed by atoms with van der Waals surface area (Å²) in [4.78, 5) is 2.10. The number of aliphatic hydroxyl groups excluding tert-OH is 1. The van der Waals surface area contributed by atoms with E-state index in [1.807, 2.05) is 6.07 Å². The van der Waals surface area contributed by atoms with Crippen LogP contribution in [-0.2, 0) is 6.54 Å². The molecule has 0 amide bonds. The summed E-state index contributed by atoms with van der Waals surface area (Å²) < 4.78 is 13.5. The van der Waals surface area contributed by atoms with Gasteiger partial charge in [-0.05, 0) is 18.6 Å². The number of nitrogens with zero attached hydrogens (tertiary/aromatic N) is 1. The van der Waals surface area contributed by atoms with E-state index in [4.69, 9.17) is 10.8 Å². The van der Waals surface area contributed by atoms with E-state index in [0.717, 1.165) is 25.2 Å². The third kappa shape index (κ3) is 2.03. The van der Waals surface area contributed by atoms with Gasteiger partial charge in [0.25, 0.3) is 0 Å². The Morgan fingerprint density at radius 2 is 2.31 bits per heavy atom. The first-order valence-corrected chi connectivity index (χ1v) is 5.59. The summed E-state index contributed by atoms with van der Waals surface area (Å²) in [5.74, 6) is 0.0568. The van der Waals surface area contributed by atoms with Crippen LogP contribution in [0.4, 0.5) is 10.1 Å². The van der Waals surface area contributed by atoms with Crippen LogP contribution in [0.1, 0.15) is 12.0 Å². The Hall–Kier alpha value is -1.13. The topological polar surface area (TPSA) is 49.5 Å². The summed E-state index contributed by atoms with van der Waals surface area (Å²) in [7, 11) is 0. The minimum atomic E-state index is -0.243. The van der Waals surface area contributed by atoms with Crippen molar-refractivity contribution in [3.8, 4) is 0 Å². The SMILES string of the molecule is NCc1c(F)cccc1N1CCC(CO)C1. The molecule has 4 heteroatoms. The van der Waals surface area contributed by atoms with Crippen molar-refractivity contribution in [2.45, 2.75) is 13.0 Å². The van der Waals surface area contributed by atoms with Crippen LogP contribution in [0.2, 0.25) is 0 Å². The van der Waals surface area contributed by atoms with Gasteiger partial charge in [-0.2, -0.15) is 0 Å². The number of hydrogen-bond donors (Lipinski definition) is 2. The number of benzene rings is 1. The van der Waals surface area contributed by atoms with Gasteiger partial charge in [-0.1, -0.05) is 6.07 Å². The Balaban J connectivity index is 2.24. The van der Waals surface area contributed by atoms with E-state index in [9.17, 15) is 4.39 Å². The lowest BCUT2D eigenvalue weighted by Crippen LogP contribution is -2.23. The third-order valence-electron chi connectivity index (χ3n) is 3.18. The fourth-order valence-corrected chi connectivity index (χ4v) is 2.25. The molecule has 0 aliphatic carbocycles. The molecule has 1 saturated heterocycles. The third-order valence-corrected chi connectivity index (χ3v) is 3.18. The average Bonchev–Trinajstić information content (AvgIpc) is 2.77. The highest BCUT2D eigenvalue weighted by Gasteiger charge is 2.24. The molecular weight excluding hydrogens is 207 g/mol. The molecule has 1 aliphatic heterocycles. The highest BCUT2D eigenvalue weighted by atomic mass is 19.1. The molecule has 1 aliphatic rings. The molecule has 0 saturated carbocycles. The van der Waals surface area contributed by atoms with Crippen molar-refractivity contribution in [3.05, 3.63) is 29.6 Å². The molecule has 1 heterocycles. The van der Waals surface area contributed by atoms with Gasteiger partial charge in [-0.3, -0.25) is 0 Å². The highest BCUT2D eigenvalue weighted by molar-refractivity contribution is 5.55. The minimum absolute atomic E-state index is 0.198. The lowest BCUT2D eigenvalue weighted by molar-refractivity contribution is 0.238. The van der Waals surface area contributed by atoms with Crippen molar-refractivity contribution in [3.63, 3.8) is 0 Å². The van der Waals surface area contributed by atoms with Crippen LogP contribution >= 0.6 is 0 Å². The molecule has 0 aromatic heterocycles. The molecular formula is C12H17FN2O. The van der Waals surface area contributed by atoms with E-state index in [0.29, 0.717) is 11.5 Å². The molecule has 1 unspecified atom stereocenters. The van der Waals surface area contributed by atoms with E-state index in [1.54, 1.807) is 6.07 Å². The van der Waals surface area contributed by atoms with Gasteiger partial charge >= 0.3 is 0 Å². The van der Waals surface area contributed by atoms with Gasteiger partial charge in [0, 0.05) is 43.4 Å². The smallest absolute Gasteiger partial charge is 0.129 e. The van der Waals surface area contributed by atoms with Gasteiger partial charge < -0.3 is 15.7 Å². The molecule has 16 heavy (non-hydrogen) atoms. The van der Waals surface area contributed by atoms with Crippen molar-refractivity contribution in [2.24, 2.45) is 11.7 Å². The fraction of sp³-hybridized carbons (Fsp3) is 0.500. The van der Waals surface area contributed by atoms with Gasteiger partial charge in [0.1, 0.15) is 5.82 Å². The van der Waals surface area contributed by atoms with E-state index in [1.165, 1.54) is 6.07 Å². The van der Waals surface area contributed by atoms with Crippen LogP contribution in [0.25, 0.3) is 0 Å². The van der Waals surface area contributed by atoms with Gasteiger partial charge in [-0.25, -0.2) is 4.39 Å². The second kappa shape index (κ2) is 4.80. The largest absolute Gasteiger partial charge is 0.396 e. The zero-order chi connectivity index (χ0) is 11.5. The monoisotopic (exact) mass is 224 g/mol. The van der Waals surface area contributed by atoms with Crippen molar-refractivity contribution in [2.75, 3.05) is 24.6 Å². The normalized spacial score (nSPS) is 20.4. The summed E-state index contributed by atoms with van der Waals surface area (Å²) in [6.07, 6.45) is 0.955. The number of rotatable bonds is 3. The molecule has 1 aromatic rings. The Morgan fingerprint density at radius 1 is 1.50 bits per heavy atom. The summed E-state index contributed by atoms with van der Waals surface area (Å²) >= 11 is 0. The Labute approximate surface area is 94.7 Å². The van der Waals surface area contributed by atoms with E-state index < -0.39 is 0 Å². The lowest BCUT2D eigenvalue weighted by atomic mass is 10.1. The summed E-state index contributed by atoms with van der Waals surface area (Å²) in [5, 5.41) is 9.09. The zero-order valence-corrected chi connectivity index (χ0v) is 9.19. The van der Waals surface area contributed by atoms with Crippen LogP contribution < -0.4 is 10.6 Å². The van der Waals surface area contributed by atoms with E-state index in [2.05, 4.69) is 4.90 Å². The second-order valence-corrected chi connectivity index (χ2v) is 4.22. The van der Waals surface area contributed by atoms with Crippen LogP contribution in [-0.4, -0.2) is 24.8 Å². The predicted molar refractivity (Wildman–Crippen MR) is 61.7 cm³/mol. The lowest BCUT2D eigenvalue weighted by Gasteiger charge is -2.21. The van der Waals surface area contributed by atoms with Crippen LogP contribution in [0, 0.1) is 11.7 Å². The molecule has 0 spiro atoms.